The smallest absolute Gasteiger partial charge is 0.311 e. The van der Waals surface area contributed by atoms with Gasteiger partial charge in [0.25, 0.3) is 0 Å². The van der Waals surface area contributed by atoms with Crippen molar-refractivity contribution in [2.24, 2.45) is 5.73 Å². The Balaban J connectivity index is 0.00000312. The molecule has 0 unspecified atom stereocenters. The average molecular weight is 366 g/mol. The number of nitrogens with zero attached hydrogens (tertiary/aromatic N) is 2. The van der Waals surface area contributed by atoms with Crippen molar-refractivity contribution in [1.29, 1.82) is 0 Å². The van der Waals surface area contributed by atoms with E-state index in [2.05, 4.69) is 17.0 Å². The summed E-state index contributed by atoms with van der Waals surface area (Å²) in [5, 5.41) is 11.1. The fraction of sp³-hybridized carbons (Fsp3) is 0.333. The molecule has 6 nitrogen and oxygen atoms in total. The number of ether oxygens (including phenoxy) is 1. The first kappa shape index (κ1) is 20.9. The van der Waals surface area contributed by atoms with E-state index in [1.165, 1.54) is 12.7 Å². The zero-order valence-electron chi connectivity index (χ0n) is 14.3. The third kappa shape index (κ3) is 6.34. The SMILES string of the molecule is COc1ccc(CN(CCN)CCc2ccccc2)cc1[N+](=O)[O-].Cl. The lowest BCUT2D eigenvalue weighted by molar-refractivity contribution is -0.385. The summed E-state index contributed by atoms with van der Waals surface area (Å²) in [5.74, 6) is 0.276. The quantitative estimate of drug-likeness (QED) is 0.545. The monoisotopic (exact) mass is 365 g/mol. The van der Waals surface area contributed by atoms with Crippen LogP contribution in [0.4, 0.5) is 5.69 Å². The minimum atomic E-state index is -0.417. The van der Waals surface area contributed by atoms with Gasteiger partial charge in [0.1, 0.15) is 0 Å². The van der Waals surface area contributed by atoms with E-state index >= 15 is 0 Å². The van der Waals surface area contributed by atoms with Gasteiger partial charge in [-0.1, -0.05) is 36.4 Å². The number of benzene rings is 2. The summed E-state index contributed by atoms with van der Waals surface area (Å²) in [6, 6.07) is 15.3. The molecular weight excluding hydrogens is 342 g/mol. The van der Waals surface area contributed by atoms with Gasteiger partial charge < -0.3 is 10.5 Å². The van der Waals surface area contributed by atoms with Crippen LogP contribution in [0.1, 0.15) is 11.1 Å². The van der Waals surface area contributed by atoms with Crippen LogP contribution in [0.3, 0.4) is 0 Å². The van der Waals surface area contributed by atoms with Crippen LogP contribution in [0.5, 0.6) is 5.75 Å². The molecule has 0 aliphatic carbocycles. The van der Waals surface area contributed by atoms with Crippen LogP contribution < -0.4 is 10.5 Å². The predicted molar refractivity (Wildman–Crippen MR) is 101 cm³/mol. The number of hydrogen-bond acceptors (Lipinski definition) is 5. The molecule has 0 aliphatic rings. The highest BCUT2D eigenvalue weighted by Crippen LogP contribution is 2.28. The topological polar surface area (TPSA) is 81.6 Å². The van der Waals surface area contributed by atoms with E-state index < -0.39 is 4.92 Å². The van der Waals surface area contributed by atoms with E-state index in [4.69, 9.17) is 10.5 Å². The highest BCUT2D eigenvalue weighted by atomic mass is 35.5. The van der Waals surface area contributed by atoms with E-state index in [1.807, 2.05) is 24.3 Å². The minimum absolute atomic E-state index is 0. The van der Waals surface area contributed by atoms with Crippen LogP contribution in [-0.2, 0) is 13.0 Å². The van der Waals surface area contributed by atoms with E-state index in [0.717, 1.165) is 25.1 Å². The molecule has 0 amide bonds. The highest BCUT2D eigenvalue weighted by molar-refractivity contribution is 5.85. The summed E-state index contributed by atoms with van der Waals surface area (Å²) in [5.41, 5.74) is 7.84. The first-order chi connectivity index (χ1) is 11.6. The number of hydrogen-bond donors (Lipinski definition) is 1. The molecule has 0 aliphatic heterocycles. The zero-order valence-corrected chi connectivity index (χ0v) is 15.1. The molecule has 2 rings (SSSR count). The van der Waals surface area contributed by atoms with Crippen LogP contribution in [0.15, 0.2) is 48.5 Å². The van der Waals surface area contributed by atoms with E-state index in [9.17, 15) is 10.1 Å². The maximum atomic E-state index is 11.1. The molecule has 0 aromatic heterocycles. The minimum Gasteiger partial charge on any atom is -0.490 e. The van der Waals surface area contributed by atoms with Crippen molar-refractivity contribution in [3.05, 3.63) is 69.8 Å². The number of nitro groups is 1. The lowest BCUT2D eigenvalue weighted by Gasteiger charge is -2.21. The van der Waals surface area contributed by atoms with Gasteiger partial charge in [-0.25, -0.2) is 0 Å². The summed E-state index contributed by atoms with van der Waals surface area (Å²) < 4.78 is 5.04. The second-order valence-electron chi connectivity index (χ2n) is 5.56. The summed E-state index contributed by atoms with van der Waals surface area (Å²) >= 11 is 0. The lowest BCUT2D eigenvalue weighted by Crippen LogP contribution is -2.31. The Hall–Kier alpha value is -2.15. The number of nitro benzene ring substituents is 1. The maximum absolute atomic E-state index is 11.1. The van der Waals surface area contributed by atoms with Crippen molar-refractivity contribution in [3.8, 4) is 5.75 Å². The van der Waals surface area contributed by atoms with Crippen molar-refractivity contribution in [1.82, 2.24) is 4.90 Å². The largest absolute Gasteiger partial charge is 0.490 e. The standard InChI is InChI=1S/C18H23N3O3.ClH/c1-24-18-8-7-16(13-17(18)21(22)23)14-20(12-10-19)11-9-15-5-3-2-4-6-15;/h2-8,13H,9-12,14,19H2,1H3;1H. The molecular formula is C18H24ClN3O3. The molecule has 0 heterocycles. The van der Waals surface area contributed by atoms with Gasteiger partial charge in [-0.3, -0.25) is 15.0 Å². The normalized spacial score (nSPS) is 10.4. The van der Waals surface area contributed by atoms with Gasteiger partial charge in [0.15, 0.2) is 5.75 Å². The second-order valence-corrected chi connectivity index (χ2v) is 5.56. The Morgan fingerprint density at radius 1 is 1.12 bits per heavy atom. The molecule has 2 aromatic carbocycles. The molecule has 25 heavy (non-hydrogen) atoms. The molecule has 0 atom stereocenters. The number of methoxy groups -OCH3 is 1. The van der Waals surface area contributed by atoms with Gasteiger partial charge in [0.05, 0.1) is 12.0 Å². The van der Waals surface area contributed by atoms with E-state index in [1.54, 1.807) is 12.1 Å². The highest BCUT2D eigenvalue weighted by Gasteiger charge is 2.16. The predicted octanol–water partition coefficient (Wildman–Crippen LogP) is 3.03. The van der Waals surface area contributed by atoms with Crippen LogP contribution in [0, 0.1) is 10.1 Å². The summed E-state index contributed by atoms with van der Waals surface area (Å²) in [7, 11) is 1.43. The van der Waals surface area contributed by atoms with Gasteiger partial charge in [-0.15, -0.1) is 12.4 Å². The summed E-state index contributed by atoms with van der Waals surface area (Å²) in [6.45, 7) is 2.76. The van der Waals surface area contributed by atoms with Gasteiger partial charge in [-0.05, 0) is 23.6 Å². The third-order valence-corrected chi connectivity index (χ3v) is 3.85. The van der Waals surface area contributed by atoms with Crippen LogP contribution in [0.2, 0.25) is 0 Å². The second kappa shape index (κ2) is 10.7. The van der Waals surface area contributed by atoms with Crippen LogP contribution in [-0.4, -0.2) is 36.6 Å². The van der Waals surface area contributed by atoms with Crippen LogP contribution >= 0.6 is 12.4 Å². The Labute approximate surface area is 154 Å². The third-order valence-electron chi connectivity index (χ3n) is 3.85. The molecule has 0 saturated heterocycles. The molecule has 0 radical (unpaired) electrons. The lowest BCUT2D eigenvalue weighted by atomic mass is 10.1. The maximum Gasteiger partial charge on any atom is 0.311 e. The molecule has 2 aromatic rings. The van der Waals surface area contributed by atoms with Gasteiger partial charge in [-0.2, -0.15) is 0 Å². The first-order valence-corrected chi connectivity index (χ1v) is 7.91. The van der Waals surface area contributed by atoms with Gasteiger partial charge >= 0.3 is 5.69 Å². The molecule has 0 spiro atoms. The fourth-order valence-corrected chi connectivity index (χ4v) is 2.62. The Kier molecular flexibility index (Phi) is 8.91. The van der Waals surface area contributed by atoms with Crippen molar-refractivity contribution >= 4 is 18.1 Å². The van der Waals surface area contributed by atoms with Crippen molar-refractivity contribution in [3.63, 3.8) is 0 Å². The van der Waals surface area contributed by atoms with Crippen molar-refractivity contribution in [2.45, 2.75) is 13.0 Å². The van der Waals surface area contributed by atoms with Crippen LogP contribution in [0.25, 0.3) is 0 Å². The van der Waals surface area contributed by atoms with Gasteiger partial charge in [0.2, 0.25) is 0 Å². The summed E-state index contributed by atoms with van der Waals surface area (Å²) in [6.07, 6.45) is 0.916. The molecule has 0 bridgehead atoms. The van der Waals surface area contributed by atoms with Crippen molar-refractivity contribution < 1.29 is 9.66 Å². The van der Waals surface area contributed by atoms with Gasteiger partial charge in [0, 0.05) is 32.2 Å². The Morgan fingerprint density at radius 2 is 1.84 bits per heavy atom. The van der Waals surface area contributed by atoms with E-state index in [-0.39, 0.29) is 23.8 Å². The molecule has 7 heteroatoms. The molecule has 136 valence electrons. The fourth-order valence-electron chi connectivity index (χ4n) is 2.62. The van der Waals surface area contributed by atoms with E-state index in [0.29, 0.717) is 13.1 Å². The number of halogens is 1. The number of nitrogens with two attached hydrogens (primary N) is 1. The Bertz CT molecular complexity index is 668. The number of rotatable bonds is 9. The molecule has 0 fully saturated rings. The summed E-state index contributed by atoms with van der Waals surface area (Å²) in [4.78, 5) is 12.9. The average Bonchev–Trinajstić information content (AvgIpc) is 2.60. The first-order valence-electron chi connectivity index (χ1n) is 7.91. The zero-order chi connectivity index (χ0) is 17.4. The van der Waals surface area contributed by atoms with Crippen molar-refractivity contribution in [2.75, 3.05) is 26.7 Å². The molecule has 2 N–H and O–H groups in total. The Morgan fingerprint density at radius 3 is 2.44 bits per heavy atom. The molecule has 0 saturated carbocycles.